The number of phosphoric ester groups is 1. The van der Waals surface area contributed by atoms with Crippen LogP contribution in [-0.4, -0.2) is 74.3 Å². The Kier molecular flexibility index (Phi) is 45.7. The molecule has 0 saturated heterocycles. The van der Waals surface area contributed by atoms with Crippen molar-refractivity contribution in [2.45, 2.75) is 270 Å². The minimum absolute atomic E-state index is 0.0365. The fourth-order valence-electron chi connectivity index (χ4n) is 7.93. The monoisotopic (exact) mass is 952 g/mol. The summed E-state index contributed by atoms with van der Waals surface area (Å²) in [7, 11) is 1.48. The molecule has 0 aliphatic heterocycles. The molecule has 66 heavy (non-hydrogen) atoms. The first-order chi connectivity index (χ1) is 31.9. The molecule has 0 aromatic carbocycles. The first-order valence-electron chi connectivity index (χ1n) is 27.8. The van der Waals surface area contributed by atoms with Gasteiger partial charge in [0.25, 0.3) is 0 Å². The van der Waals surface area contributed by atoms with Crippen LogP contribution in [0.25, 0.3) is 0 Å². The van der Waals surface area contributed by atoms with Gasteiger partial charge in [-0.1, -0.05) is 199 Å². The number of nitrogens with zero attached hydrogens (tertiary/aromatic N) is 1. The molecule has 0 aromatic rings. The van der Waals surface area contributed by atoms with Gasteiger partial charge >= 0.3 is 13.8 Å². The summed E-state index contributed by atoms with van der Waals surface area (Å²) >= 11 is 0. The van der Waals surface area contributed by atoms with Crippen molar-refractivity contribution in [2.24, 2.45) is 0 Å². The predicted molar refractivity (Wildman–Crippen MR) is 282 cm³/mol. The van der Waals surface area contributed by atoms with E-state index in [4.69, 9.17) is 13.8 Å². The number of unbranched alkanes of at least 4 members (excludes halogenated alkanes) is 30. The van der Waals surface area contributed by atoms with Crippen molar-refractivity contribution in [1.29, 1.82) is 0 Å². The van der Waals surface area contributed by atoms with Crippen LogP contribution in [0.3, 0.4) is 0 Å². The third-order valence-corrected chi connectivity index (χ3v) is 13.3. The quantitative estimate of drug-likeness (QED) is 0.0205. The number of carbonyl (C=O) groups excluding carboxylic acids is 2. The molecule has 0 rings (SSSR count). The van der Waals surface area contributed by atoms with Crippen LogP contribution in [0.1, 0.15) is 258 Å². The molecule has 3 atom stereocenters. The van der Waals surface area contributed by atoms with E-state index in [2.05, 4.69) is 50.4 Å². The molecule has 0 saturated carbocycles. The Balaban J connectivity index is 5.45. The number of esters is 1. The van der Waals surface area contributed by atoms with Gasteiger partial charge in [0.2, 0.25) is 5.91 Å². The Morgan fingerprint density at radius 2 is 0.879 bits per heavy atom. The van der Waals surface area contributed by atoms with Gasteiger partial charge in [-0.25, -0.2) is 4.57 Å². The lowest BCUT2D eigenvalue weighted by Gasteiger charge is -2.27. The van der Waals surface area contributed by atoms with Gasteiger partial charge in [-0.2, -0.15) is 0 Å². The van der Waals surface area contributed by atoms with Crippen molar-refractivity contribution in [3.63, 3.8) is 0 Å². The number of ether oxygens (including phenoxy) is 1. The molecule has 0 aliphatic carbocycles. The van der Waals surface area contributed by atoms with E-state index in [0.29, 0.717) is 23.9 Å². The molecule has 10 heteroatoms. The maximum Gasteiger partial charge on any atom is 0.472 e. The number of allylic oxidation sites excluding steroid dienone is 5. The molecule has 388 valence electrons. The Hall–Kier alpha value is -1.77. The van der Waals surface area contributed by atoms with Gasteiger partial charge in [-0.15, -0.1) is 0 Å². The standard InChI is InChI=1S/C56H107N2O7P/c1-7-10-13-16-19-22-25-28-31-33-36-39-42-45-48-55(59)57-53(52-64-66(61,62)63-51-50-58(4,5)6)54(47-44-41-38-35-32-29-26-23-20-17-14-11-8-2)65-56(60)49-46-43-40-37-34-30-27-24-21-18-15-12-9-3/h30-31,33-34,44,47,53-54H,7-29,32,35-43,45-46,48-52H2,1-6H3,(H-,57,59,61,62)/p+1/b33-31-,34-30-,47-44+. The van der Waals surface area contributed by atoms with Crippen molar-refractivity contribution in [3.8, 4) is 0 Å². The highest BCUT2D eigenvalue weighted by molar-refractivity contribution is 7.47. The number of hydrogen-bond acceptors (Lipinski definition) is 6. The summed E-state index contributed by atoms with van der Waals surface area (Å²) in [6, 6.07) is -0.858. The summed E-state index contributed by atoms with van der Waals surface area (Å²) in [6.07, 6.45) is 54.2. The molecule has 0 aliphatic rings. The number of quaternary nitrogens is 1. The highest BCUT2D eigenvalue weighted by atomic mass is 31.2. The Morgan fingerprint density at radius 3 is 1.29 bits per heavy atom. The second-order valence-electron chi connectivity index (χ2n) is 20.1. The molecule has 0 aromatic heterocycles. The van der Waals surface area contributed by atoms with E-state index in [-0.39, 0.29) is 31.5 Å². The van der Waals surface area contributed by atoms with E-state index in [1.807, 2.05) is 33.3 Å². The van der Waals surface area contributed by atoms with Gasteiger partial charge in [0.1, 0.15) is 19.3 Å². The van der Waals surface area contributed by atoms with Gasteiger partial charge in [-0.3, -0.25) is 18.6 Å². The maximum atomic E-state index is 13.5. The van der Waals surface area contributed by atoms with Crippen LogP contribution in [-0.2, 0) is 27.9 Å². The first kappa shape index (κ1) is 64.2. The van der Waals surface area contributed by atoms with Crippen molar-refractivity contribution in [3.05, 3.63) is 36.5 Å². The molecule has 0 radical (unpaired) electrons. The number of nitrogens with one attached hydrogen (secondary N) is 1. The summed E-state index contributed by atoms with van der Waals surface area (Å²) in [5.41, 5.74) is 0. The number of amides is 1. The number of hydrogen-bond donors (Lipinski definition) is 2. The second kappa shape index (κ2) is 46.9. The topological polar surface area (TPSA) is 111 Å². The van der Waals surface area contributed by atoms with Gasteiger partial charge in [0, 0.05) is 12.8 Å². The molecule has 1 amide bonds. The maximum absolute atomic E-state index is 13.5. The van der Waals surface area contributed by atoms with Crippen LogP contribution in [0.15, 0.2) is 36.5 Å². The third kappa shape index (κ3) is 47.3. The summed E-state index contributed by atoms with van der Waals surface area (Å²) in [5, 5.41) is 3.03. The van der Waals surface area contributed by atoms with Gasteiger partial charge < -0.3 is 19.4 Å². The lowest BCUT2D eigenvalue weighted by atomic mass is 10.0. The van der Waals surface area contributed by atoms with E-state index in [1.54, 1.807) is 0 Å². The molecule has 0 fully saturated rings. The minimum atomic E-state index is -4.44. The highest BCUT2D eigenvalue weighted by Crippen LogP contribution is 2.43. The van der Waals surface area contributed by atoms with Crippen molar-refractivity contribution in [2.75, 3.05) is 40.9 Å². The van der Waals surface area contributed by atoms with E-state index >= 15 is 0 Å². The summed E-state index contributed by atoms with van der Waals surface area (Å²) in [6.45, 7) is 6.98. The molecular formula is C56H108N2O7P+. The molecule has 0 spiro atoms. The normalized spacial score (nSPS) is 14.1. The van der Waals surface area contributed by atoms with Crippen LogP contribution in [0, 0.1) is 0 Å². The zero-order valence-electron chi connectivity index (χ0n) is 44.2. The Morgan fingerprint density at radius 1 is 0.515 bits per heavy atom. The number of phosphoric acid groups is 1. The van der Waals surface area contributed by atoms with Crippen molar-refractivity contribution < 1.29 is 37.3 Å². The fraction of sp³-hybridized carbons (Fsp3) is 0.857. The van der Waals surface area contributed by atoms with E-state index in [1.165, 1.54) is 141 Å². The zero-order valence-corrected chi connectivity index (χ0v) is 45.1. The van der Waals surface area contributed by atoms with Crippen molar-refractivity contribution >= 4 is 19.7 Å². The van der Waals surface area contributed by atoms with Crippen LogP contribution in [0.5, 0.6) is 0 Å². The number of likely N-dealkylation sites (N-methyl/N-ethyl adjacent to an activating group) is 1. The van der Waals surface area contributed by atoms with E-state index in [0.717, 1.165) is 77.0 Å². The summed E-state index contributed by atoms with van der Waals surface area (Å²) < 4.78 is 30.5. The molecule has 0 heterocycles. The zero-order chi connectivity index (χ0) is 48.7. The first-order valence-corrected chi connectivity index (χ1v) is 29.3. The molecule has 9 nitrogen and oxygen atoms in total. The van der Waals surface area contributed by atoms with Crippen molar-refractivity contribution in [1.82, 2.24) is 5.32 Å². The smallest absolute Gasteiger partial charge is 0.456 e. The van der Waals surface area contributed by atoms with E-state index < -0.39 is 20.0 Å². The van der Waals surface area contributed by atoms with Crippen LogP contribution < -0.4 is 5.32 Å². The molecule has 0 bridgehead atoms. The second-order valence-corrected chi connectivity index (χ2v) is 21.6. The lowest BCUT2D eigenvalue weighted by Crippen LogP contribution is -2.47. The van der Waals surface area contributed by atoms with Crippen LogP contribution in [0.2, 0.25) is 0 Å². The van der Waals surface area contributed by atoms with Gasteiger partial charge in [0.05, 0.1) is 33.8 Å². The third-order valence-electron chi connectivity index (χ3n) is 12.3. The van der Waals surface area contributed by atoms with Gasteiger partial charge in [-0.05, 0) is 83.1 Å². The van der Waals surface area contributed by atoms with Crippen LogP contribution >= 0.6 is 7.82 Å². The number of carbonyl (C=O) groups is 2. The lowest BCUT2D eigenvalue weighted by molar-refractivity contribution is -0.870. The Labute approximate surface area is 408 Å². The average Bonchev–Trinajstić information content (AvgIpc) is 3.27. The molecular weight excluding hydrogens is 844 g/mol. The van der Waals surface area contributed by atoms with E-state index in [9.17, 15) is 19.0 Å². The summed E-state index contributed by atoms with van der Waals surface area (Å²) in [5.74, 6) is -0.537. The largest absolute Gasteiger partial charge is 0.472 e. The average molecular weight is 952 g/mol. The highest BCUT2D eigenvalue weighted by Gasteiger charge is 2.30. The Bertz CT molecular complexity index is 1230. The van der Waals surface area contributed by atoms with Gasteiger partial charge in [0.15, 0.2) is 0 Å². The molecule has 3 unspecified atom stereocenters. The fourth-order valence-corrected chi connectivity index (χ4v) is 8.66. The summed E-state index contributed by atoms with van der Waals surface area (Å²) in [4.78, 5) is 37.5. The van der Waals surface area contributed by atoms with Crippen LogP contribution in [0.4, 0.5) is 0 Å². The minimum Gasteiger partial charge on any atom is -0.456 e. The SMILES string of the molecule is CCCCCCCC/C=C\CCCCCC(=O)OC(/C=C/CCCCCCCCCCCCC)C(COP(=O)(O)OCC[N+](C)(C)C)NC(=O)CCCCC/C=C\CCCCCCCCC. The predicted octanol–water partition coefficient (Wildman–Crippen LogP) is 16.4. The molecule has 2 N–H and O–H groups in total. The number of rotatable bonds is 50.